The van der Waals surface area contributed by atoms with Gasteiger partial charge in [-0.1, -0.05) is 33.6 Å². The van der Waals surface area contributed by atoms with E-state index in [0.29, 0.717) is 0 Å². The van der Waals surface area contributed by atoms with Crippen molar-refractivity contribution in [3.63, 3.8) is 0 Å². The zero-order valence-electron chi connectivity index (χ0n) is 9.12. The van der Waals surface area contributed by atoms with Gasteiger partial charge < -0.3 is 10.2 Å². The fourth-order valence-electron chi connectivity index (χ4n) is 0.634. The Morgan fingerprint density at radius 2 is 1.64 bits per heavy atom. The van der Waals surface area contributed by atoms with Crippen LogP contribution in [0.15, 0.2) is 0 Å². The van der Waals surface area contributed by atoms with Crippen LogP contribution in [0.3, 0.4) is 0 Å². The zero-order valence-corrected chi connectivity index (χ0v) is 9.12. The molecule has 0 fully saturated rings. The third-order valence-corrected chi connectivity index (χ3v) is 1.71. The molecule has 0 amide bonds. The number of carboxylic acid groups (broad SMARTS) is 2. The molecule has 0 aliphatic carbocycles. The van der Waals surface area contributed by atoms with Crippen molar-refractivity contribution in [2.24, 2.45) is 5.92 Å². The van der Waals surface area contributed by atoms with Crippen molar-refractivity contribution in [3.8, 4) is 0 Å². The molecule has 0 bridgehead atoms. The predicted molar refractivity (Wildman–Crippen MR) is 54.3 cm³/mol. The molecule has 0 aliphatic heterocycles. The van der Waals surface area contributed by atoms with E-state index in [-0.39, 0.29) is 12.3 Å². The topological polar surface area (TPSA) is 74.6 Å². The molecule has 0 radical (unpaired) electrons. The highest BCUT2D eigenvalue weighted by atomic mass is 16.4. The molecule has 1 unspecified atom stereocenters. The number of aliphatic carboxylic acids is 2. The molecule has 84 valence electrons. The van der Waals surface area contributed by atoms with E-state index >= 15 is 0 Å². The number of hydrogen-bond acceptors (Lipinski definition) is 2. The van der Waals surface area contributed by atoms with Gasteiger partial charge in [0.2, 0.25) is 0 Å². The summed E-state index contributed by atoms with van der Waals surface area (Å²) in [6, 6.07) is 0. The Labute approximate surface area is 84.9 Å². The van der Waals surface area contributed by atoms with Gasteiger partial charge in [-0.2, -0.15) is 0 Å². The van der Waals surface area contributed by atoms with E-state index < -0.39 is 11.9 Å². The number of rotatable bonds is 5. The highest BCUT2D eigenvalue weighted by Crippen LogP contribution is 2.06. The lowest BCUT2D eigenvalue weighted by molar-refractivity contribution is -0.141. The lowest BCUT2D eigenvalue weighted by Gasteiger charge is -2.02. The minimum absolute atomic E-state index is 0.162. The summed E-state index contributed by atoms with van der Waals surface area (Å²) in [5.41, 5.74) is 0. The largest absolute Gasteiger partial charge is 0.481 e. The Hall–Kier alpha value is -1.06. The summed E-state index contributed by atoms with van der Waals surface area (Å²) >= 11 is 0. The van der Waals surface area contributed by atoms with Crippen LogP contribution in [0.25, 0.3) is 0 Å². The van der Waals surface area contributed by atoms with Crippen LogP contribution >= 0.6 is 0 Å². The van der Waals surface area contributed by atoms with E-state index in [4.69, 9.17) is 10.2 Å². The number of carbonyl (C=O) groups is 2. The van der Waals surface area contributed by atoms with Crippen LogP contribution in [0.1, 0.15) is 46.5 Å². The van der Waals surface area contributed by atoms with Gasteiger partial charge in [-0.15, -0.1) is 0 Å². The van der Waals surface area contributed by atoms with E-state index in [1.807, 2.05) is 0 Å². The standard InChI is InChI=1S/C7H14O2.C3H6O2/c1-3-4-5-6(2)7(8)9;1-2-3(4)5/h6H,3-5H2,1-2H3,(H,8,9);2H2,1H3,(H,4,5). The Morgan fingerprint density at radius 1 is 1.21 bits per heavy atom. The van der Waals surface area contributed by atoms with Crippen molar-refractivity contribution < 1.29 is 19.8 Å². The molecule has 0 heterocycles. The molecule has 0 rings (SSSR count). The van der Waals surface area contributed by atoms with Crippen LogP contribution in [0.2, 0.25) is 0 Å². The van der Waals surface area contributed by atoms with E-state index in [1.54, 1.807) is 13.8 Å². The molecule has 0 saturated carbocycles. The first-order chi connectivity index (χ1) is 6.45. The number of hydrogen-bond donors (Lipinski definition) is 2. The summed E-state index contributed by atoms with van der Waals surface area (Å²) in [7, 11) is 0. The molecule has 14 heavy (non-hydrogen) atoms. The van der Waals surface area contributed by atoms with Crippen molar-refractivity contribution in [1.82, 2.24) is 0 Å². The fraction of sp³-hybridized carbons (Fsp3) is 0.800. The quantitative estimate of drug-likeness (QED) is 0.721. The molecule has 2 N–H and O–H groups in total. The average Bonchev–Trinajstić information content (AvgIpc) is 2.14. The van der Waals surface area contributed by atoms with Crippen LogP contribution in [-0.2, 0) is 9.59 Å². The average molecular weight is 204 g/mol. The summed E-state index contributed by atoms with van der Waals surface area (Å²) < 4.78 is 0. The van der Waals surface area contributed by atoms with Crippen molar-refractivity contribution >= 4 is 11.9 Å². The second kappa shape index (κ2) is 10.0. The minimum Gasteiger partial charge on any atom is -0.481 e. The second-order valence-corrected chi connectivity index (χ2v) is 3.13. The van der Waals surface area contributed by atoms with Crippen LogP contribution in [0, 0.1) is 5.92 Å². The van der Waals surface area contributed by atoms with Gasteiger partial charge in [0.15, 0.2) is 0 Å². The van der Waals surface area contributed by atoms with Gasteiger partial charge in [0, 0.05) is 6.42 Å². The molecule has 0 aromatic rings. The Kier molecular flexibility index (Phi) is 11.0. The molecule has 0 aliphatic rings. The van der Waals surface area contributed by atoms with Crippen molar-refractivity contribution in [2.75, 3.05) is 0 Å². The first kappa shape index (κ1) is 15.4. The predicted octanol–water partition coefficient (Wildman–Crippen LogP) is 2.38. The van der Waals surface area contributed by atoms with E-state index in [2.05, 4.69) is 6.92 Å². The fourth-order valence-corrected chi connectivity index (χ4v) is 0.634. The zero-order chi connectivity index (χ0) is 11.6. The molecule has 0 spiro atoms. The molecule has 4 heteroatoms. The van der Waals surface area contributed by atoms with Crippen molar-refractivity contribution in [1.29, 1.82) is 0 Å². The molecule has 0 saturated heterocycles. The molecule has 0 aromatic heterocycles. The number of unbranched alkanes of at least 4 members (excludes halogenated alkanes) is 1. The maximum Gasteiger partial charge on any atom is 0.306 e. The molecular weight excluding hydrogens is 184 g/mol. The van der Waals surface area contributed by atoms with Gasteiger partial charge in [-0.25, -0.2) is 0 Å². The van der Waals surface area contributed by atoms with Crippen LogP contribution in [0.4, 0.5) is 0 Å². The smallest absolute Gasteiger partial charge is 0.306 e. The van der Waals surface area contributed by atoms with Gasteiger partial charge in [0.25, 0.3) is 0 Å². The van der Waals surface area contributed by atoms with Gasteiger partial charge in [-0.05, 0) is 6.42 Å². The molecule has 1 atom stereocenters. The van der Waals surface area contributed by atoms with Crippen molar-refractivity contribution in [3.05, 3.63) is 0 Å². The summed E-state index contributed by atoms with van der Waals surface area (Å²) in [6.07, 6.45) is 3.14. The van der Waals surface area contributed by atoms with Crippen LogP contribution in [-0.4, -0.2) is 22.2 Å². The van der Waals surface area contributed by atoms with Gasteiger partial charge >= 0.3 is 11.9 Å². The van der Waals surface area contributed by atoms with Crippen LogP contribution < -0.4 is 0 Å². The van der Waals surface area contributed by atoms with Crippen LogP contribution in [0.5, 0.6) is 0 Å². The Bertz CT molecular complexity index is 166. The van der Waals surface area contributed by atoms with Gasteiger partial charge in [-0.3, -0.25) is 9.59 Å². The maximum atomic E-state index is 10.2. The normalized spacial score (nSPS) is 11.1. The maximum absolute atomic E-state index is 10.2. The Morgan fingerprint density at radius 3 is 1.86 bits per heavy atom. The Balaban J connectivity index is 0. The number of carboxylic acids is 2. The third kappa shape index (κ3) is 13.5. The highest BCUT2D eigenvalue weighted by molar-refractivity contribution is 5.69. The highest BCUT2D eigenvalue weighted by Gasteiger charge is 2.08. The van der Waals surface area contributed by atoms with E-state index in [1.165, 1.54) is 0 Å². The molecule has 4 nitrogen and oxygen atoms in total. The van der Waals surface area contributed by atoms with E-state index in [9.17, 15) is 9.59 Å². The van der Waals surface area contributed by atoms with Gasteiger partial charge in [0.1, 0.15) is 0 Å². The van der Waals surface area contributed by atoms with E-state index in [0.717, 1.165) is 19.3 Å². The molecular formula is C10H20O4. The lowest BCUT2D eigenvalue weighted by Crippen LogP contribution is -2.08. The summed E-state index contributed by atoms with van der Waals surface area (Å²) in [5.74, 6) is -1.58. The lowest BCUT2D eigenvalue weighted by atomic mass is 10.1. The third-order valence-electron chi connectivity index (χ3n) is 1.71. The summed E-state index contributed by atoms with van der Waals surface area (Å²) in [5, 5.41) is 16.1. The SMILES string of the molecule is CCC(=O)O.CCCCC(C)C(=O)O. The van der Waals surface area contributed by atoms with Gasteiger partial charge in [0.05, 0.1) is 5.92 Å². The monoisotopic (exact) mass is 204 g/mol. The molecule has 0 aromatic carbocycles. The first-order valence-corrected chi connectivity index (χ1v) is 4.90. The summed E-state index contributed by atoms with van der Waals surface area (Å²) in [6.45, 7) is 5.41. The van der Waals surface area contributed by atoms with Crippen molar-refractivity contribution in [2.45, 2.75) is 46.5 Å². The second-order valence-electron chi connectivity index (χ2n) is 3.13. The minimum atomic E-state index is -0.745. The summed E-state index contributed by atoms with van der Waals surface area (Å²) in [4.78, 5) is 19.6. The first-order valence-electron chi connectivity index (χ1n) is 4.90.